The average Bonchev–Trinajstić information content (AvgIpc) is 2.44. The first-order valence-electron chi connectivity index (χ1n) is 7.56. The second-order valence-electron chi connectivity index (χ2n) is 6.04. The van der Waals surface area contributed by atoms with E-state index in [0.29, 0.717) is 13.2 Å². The lowest BCUT2D eigenvalue weighted by atomic mass is 9.89. The standard InChI is InChI=1S/C15H28N2O3/c1-15(2,13(18)16-10-7-11-20-3)14(19)17-12-8-5-4-6-9-12/h12H,4-11H2,1-3H3,(H,16,18)(H,17,19). The molecular weight excluding hydrogens is 256 g/mol. The van der Waals surface area contributed by atoms with E-state index in [1.807, 2.05) is 0 Å². The van der Waals surface area contributed by atoms with Gasteiger partial charge in [0.15, 0.2) is 0 Å². The van der Waals surface area contributed by atoms with Crippen LogP contribution in [0.4, 0.5) is 0 Å². The van der Waals surface area contributed by atoms with E-state index in [0.717, 1.165) is 32.1 Å². The summed E-state index contributed by atoms with van der Waals surface area (Å²) in [6.45, 7) is 4.50. The van der Waals surface area contributed by atoms with E-state index in [4.69, 9.17) is 4.74 Å². The number of rotatable bonds is 7. The summed E-state index contributed by atoms with van der Waals surface area (Å²) in [7, 11) is 1.63. The van der Waals surface area contributed by atoms with Gasteiger partial charge in [0.05, 0.1) is 0 Å². The Hall–Kier alpha value is -1.10. The van der Waals surface area contributed by atoms with Crippen LogP contribution in [0.1, 0.15) is 52.4 Å². The second kappa shape index (κ2) is 8.25. The zero-order chi connectivity index (χ0) is 15.0. The number of methoxy groups -OCH3 is 1. The number of hydrogen-bond donors (Lipinski definition) is 2. The first-order valence-corrected chi connectivity index (χ1v) is 7.56. The van der Waals surface area contributed by atoms with Crippen molar-refractivity contribution in [3.63, 3.8) is 0 Å². The minimum Gasteiger partial charge on any atom is -0.385 e. The normalized spacial score (nSPS) is 16.8. The molecule has 5 heteroatoms. The molecule has 1 rings (SSSR count). The fourth-order valence-corrected chi connectivity index (χ4v) is 2.36. The molecule has 0 spiro atoms. The molecule has 1 aliphatic carbocycles. The Morgan fingerprint density at radius 2 is 1.80 bits per heavy atom. The lowest BCUT2D eigenvalue weighted by molar-refractivity contribution is -0.141. The van der Waals surface area contributed by atoms with E-state index < -0.39 is 5.41 Å². The summed E-state index contributed by atoms with van der Waals surface area (Å²) in [5.74, 6) is -0.393. The molecule has 0 saturated heterocycles. The highest BCUT2D eigenvalue weighted by Crippen LogP contribution is 2.21. The predicted octanol–water partition coefficient (Wildman–Crippen LogP) is 1.61. The van der Waals surface area contributed by atoms with Crippen LogP contribution in [-0.2, 0) is 14.3 Å². The molecular formula is C15H28N2O3. The van der Waals surface area contributed by atoms with E-state index >= 15 is 0 Å². The fourth-order valence-electron chi connectivity index (χ4n) is 2.36. The van der Waals surface area contributed by atoms with Crippen molar-refractivity contribution in [1.29, 1.82) is 0 Å². The van der Waals surface area contributed by atoms with Gasteiger partial charge in [0.25, 0.3) is 0 Å². The van der Waals surface area contributed by atoms with E-state index in [2.05, 4.69) is 10.6 Å². The first-order chi connectivity index (χ1) is 9.48. The van der Waals surface area contributed by atoms with Crippen molar-refractivity contribution in [3.05, 3.63) is 0 Å². The maximum Gasteiger partial charge on any atom is 0.235 e. The smallest absolute Gasteiger partial charge is 0.235 e. The largest absolute Gasteiger partial charge is 0.385 e. The Kier molecular flexibility index (Phi) is 6.99. The molecule has 0 aromatic heterocycles. The Bertz CT molecular complexity index is 323. The average molecular weight is 284 g/mol. The highest BCUT2D eigenvalue weighted by Gasteiger charge is 2.36. The van der Waals surface area contributed by atoms with Gasteiger partial charge in [-0.15, -0.1) is 0 Å². The summed E-state index contributed by atoms with van der Waals surface area (Å²) in [6, 6.07) is 0.233. The van der Waals surface area contributed by atoms with Crippen LogP contribution in [0.5, 0.6) is 0 Å². The summed E-state index contributed by atoms with van der Waals surface area (Å²) < 4.78 is 4.93. The number of nitrogens with one attached hydrogen (secondary N) is 2. The SMILES string of the molecule is COCCCNC(=O)C(C)(C)C(=O)NC1CCCCC1. The van der Waals surface area contributed by atoms with Crippen molar-refractivity contribution >= 4 is 11.8 Å². The van der Waals surface area contributed by atoms with Gasteiger partial charge in [0.1, 0.15) is 5.41 Å². The van der Waals surface area contributed by atoms with Gasteiger partial charge in [-0.2, -0.15) is 0 Å². The van der Waals surface area contributed by atoms with Gasteiger partial charge in [0, 0.05) is 26.3 Å². The predicted molar refractivity (Wildman–Crippen MR) is 78.3 cm³/mol. The molecule has 0 aromatic rings. The minimum absolute atomic E-state index is 0.173. The van der Waals surface area contributed by atoms with Crippen molar-refractivity contribution in [1.82, 2.24) is 10.6 Å². The highest BCUT2D eigenvalue weighted by atomic mass is 16.5. The van der Waals surface area contributed by atoms with Crippen LogP contribution in [0.25, 0.3) is 0 Å². The molecule has 0 heterocycles. The summed E-state index contributed by atoms with van der Waals surface area (Å²) in [5, 5.41) is 5.81. The Labute approximate surface area is 121 Å². The Morgan fingerprint density at radius 3 is 2.40 bits per heavy atom. The first kappa shape index (κ1) is 17.0. The van der Waals surface area contributed by atoms with Gasteiger partial charge in [-0.25, -0.2) is 0 Å². The maximum atomic E-state index is 12.3. The third-order valence-electron chi connectivity index (χ3n) is 3.89. The summed E-state index contributed by atoms with van der Waals surface area (Å²) in [6.07, 6.45) is 6.37. The highest BCUT2D eigenvalue weighted by molar-refractivity contribution is 6.04. The Morgan fingerprint density at radius 1 is 1.15 bits per heavy atom. The summed E-state index contributed by atoms with van der Waals surface area (Å²) in [5.41, 5.74) is -1.02. The molecule has 2 N–H and O–H groups in total. The molecule has 0 radical (unpaired) electrons. The number of amides is 2. The molecule has 1 fully saturated rings. The monoisotopic (exact) mass is 284 g/mol. The minimum atomic E-state index is -1.02. The molecule has 1 saturated carbocycles. The van der Waals surface area contributed by atoms with Crippen molar-refractivity contribution < 1.29 is 14.3 Å². The van der Waals surface area contributed by atoms with Gasteiger partial charge in [-0.05, 0) is 33.1 Å². The molecule has 0 aromatic carbocycles. The van der Waals surface area contributed by atoms with Gasteiger partial charge in [0.2, 0.25) is 11.8 Å². The third kappa shape index (κ3) is 5.12. The van der Waals surface area contributed by atoms with Gasteiger partial charge in [-0.3, -0.25) is 9.59 Å². The van der Waals surface area contributed by atoms with Crippen molar-refractivity contribution in [2.24, 2.45) is 5.41 Å². The van der Waals surface area contributed by atoms with Gasteiger partial charge in [-0.1, -0.05) is 19.3 Å². The van der Waals surface area contributed by atoms with Crippen LogP contribution in [0, 0.1) is 5.41 Å². The lowest BCUT2D eigenvalue weighted by Gasteiger charge is -2.28. The van der Waals surface area contributed by atoms with Crippen LogP contribution in [-0.4, -0.2) is 38.1 Å². The van der Waals surface area contributed by atoms with E-state index in [1.54, 1.807) is 21.0 Å². The quantitative estimate of drug-likeness (QED) is 0.551. The molecule has 0 aliphatic heterocycles. The van der Waals surface area contributed by atoms with Crippen molar-refractivity contribution in [2.45, 2.75) is 58.4 Å². The van der Waals surface area contributed by atoms with Gasteiger partial charge >= 0.3 is 0 Å². The number of ether oxygens (including phenoxy) is 1. The van der Waals surface area contributed by atoms with Gasteiger partial charge < -0.3 is 15.4 Å². The molecule has 20 heavy (non-hydrogen) atoms. The summed E-state index contributed by atoms with van der Waals surface area (Å²) >= 11 is 0. The lowest BCUT2D eigenvalue weighted by Crippen LogP contribution is -2.51. The fraction of sp³-hybridized carbons (Fsp3) is 0.867. The zero-order valence-corrected chi connectivity index (χ0v) is 13.0. The number of carbonyl (C=O) groups is 2. The van der Waals surface area contributed by atoms with Crippen LogP contribution < -0.4 is 10.6 Å². The zero-order valence-electron chi connectivity index (χ0n) is 13.0. The van der Waals surface area contributed by atoms with E-state index in [9.17, 15) is 9.59 Å². The van der Waals surface area contributed by atoms with Crippen LogP contribution in [0.15, 0.2) is 0 Å². The van der Waals surface area contributed by atoms with Crippen LogP contribution >= 0.6 is 0 Å². The molecule has 116 valence electrons. The maximum absolute atomic E-state index is 12.3. The second-order valence-corrected chi connectivity index (χ2v) is 6.04. The van der Waals surface area contributed by atoms with Crippen LogP contribution in [0.2, 0.25) is 0 Å². The van der Waals surface area contributed by atoms with E-state index in [1.165, 1.54) is 6.42 Å². The molecule has 2 amide bonds. The molecule has 0 atom stereocenters. The number of carbonyl (C=O) groups excluding carboxylic acids is 2. The molecule has 0 unspecified atom stereocenters. The third-order valence-corrected chi connectivity index (χ3v) is 3.89. The summed E-state index contributed by atoms with van der Waals surface area (Å²) in [4.78, 5) is 24.4. The number of hydrogen-bond acceptors (Lipinski definition) is 3. The van der Waals surface area contributed by atoms with Crippen molar-refractivity contribution in [2.75, 3.05) is 20.3 Å². The van der Waals surface area contributed by atoms with Crippen molar-refractivity contribution in [3.8, 4) is 0 Å². The molecule has 0 bridgehead atoms. The molecule has 1 aliphatic rings. The topological polar surface area (TPSA) is 67.4 Å². The van der Waals surface area contributed by atoms with Crippen LogP contribution in [0.3, 0.4) is 0 Å². The Balaban J connectivity index is 2.40. The molecule has 5 nitrogen and oxygen atoms in total. The van der Waals surface area contributed by atoms with E-state index in [-0.39, 0.29) is 17.9 Å².